The van der Waals surface area contributed by atoms with Gasteiger partial charge in [0.05, 0.1) is 0 Å². The van der Waals surface area contributed by atoms with Gasteiger partial charge < -0.3 is 9.80 Å². The van der Waals surface area contributed by atoms with Crippen molar-refractivity contribution in [3.05, 3.63) is 37.0 Å². The molecule has 0 bridgehead atoms. The zero-order valence-corrected chi connectivity index (χ0v) is 17.1. The summed E-state index contributed by atoms with van der Waals surface area (Å²) >= 11 is 0. The minimum atomic E-state index is 0.109. The Kier molecular flexibility index (Phi) is 10.5. The van der Waals surface area contributed by atoms with Gasteiger partial charge in [0.1, 0.15) is 0 Å². The second kappa shape index (κ2) is 11.4. The average Bonchev–Trinajstić information content (AvgIpc) is 3.14. The summed E-state index contributed by atoms with van der Waals surface area (Å²) in [5.41, 5.74) is 0.758. The molecule has 0 aromatic rings. The van der Waals surface area contributed by atoms with Crippen LogP contribution in [-0.4, -0.2) is 52.6 Å². The zero-order valence-electron chi connectivity index (χ0n) is 17.1. The first-order chi connectivity index (χ1) is 12.0. The molecule has 2 aliphatic rings. The predicted octanol–water partition coefficient (Wildman–Crippen LogP) is 3.37. The number of allylic oxidation sites excluding steroid dienone is 1. The van der Waals surface area contributed by atoms with Gasteiger partial charge in [-0.25, -0.2) is 0 Å². The number of hydrogen-bond acceptors (Lipinski definition) is 3. The molecule has 2 rings (SSSR count). The highest BCUT2D eigenvalue weighted by Gasteiger charge is 2.25. The maximum atomic E-state index is 11.2. The van der Waals surface area contributed by atoms with E-state index in [4.69, 9.17) is 0 Å². The number of carbonyl (C=O) groups excluding carboxylic acids is 3. The zero-order chi connectivity index (χ0) is 20.4. The van der Waals surface area contributed by atoms with Crippen molar-refractivity contribution in [3.8, 4) is 0 Å². The molecule has 0 unspecified atom stereocenters. The third-order valence-corrected chi connectivity index (χ3v) is 4.08. The third-order valence-electron chi connectivity index (χ3n) is 4.08. The maximum absolute atomic E-state index is 11.2. The van der Waals surface area contributed by atoms with Gasteiger partial charge in [0.2, 0.25) is 11.8 Å². The van der Waals surface area contributed by atoms with Gasteiger partial charge in [0.15, 0.2) is 5.78 Å². The highest BCUT2D eigenvalue weighted by Crippen LogP contribution is 2.16. The number of likely N-dealkylation sites (tertiary alicyclic amines) is 1. The van der Waals surface area contributed by atoms with Crippen molar-refractivity contribution in [1.29, 1.82) is 0 Å². The Morgan fingerprint density at radius 2 is 1.62 bits per heavy atom. The van der Waals surface area contributed by atoms with Crippen molar-refractivity contribution in [1.82, 2.24) is 9.80 Å². The van der Waals surface area contributed by atoms with Gasteiger partial charge in [0, 0.05) is 42.7 Å². The molecule has 26 heavy (non-hydrogen) atoms. The van der Waals surface area contributed by atoms with E-state index < -0.39 is 0 Å². The van der Waals surface area contributed by atoms with Gasteiger partial charge in [-0.3, -0.25) is 14.4 Å². The fraction of sp³-hybridized carbons (Fsp3) is 0.571. The van der Waals surface area contributed by atoms with Crippen LogP contribution in [0.25, 0.3) is 0 Å². The van der Waals surface area contributed by atoms with Gasteiger partial charge in [-0.1, -0.05) is 33.1 Å². The van der Waals surface area contributed by atoms with Crippen LogP contribution >= 0.6 is 0 Å². The maximum Gasteiger partial charge on any atom is 0.249 e. The van der Waals surface area contributed by atoms with Crippen molar-refractivity contribution < 1.29 is 14.4 Å². The fourth-order valence-electron chi connectivity index (χ4n) is 2.31. The van der Waals surface area contributed by atoms with E-state index in [1.807, 2.05) is 57.4 Å². The smallest absolute Gasteiger partial charge is 0.249 e. The van der Waals surface area contributed by atoms with Crippen molar-refractivity contribution in [2.75, 3.05) is 13.1 Å². The largest absolute Gasteiger partial charge is 0.336 e. The van der Waals surface area contributed by atoms with Crippen molar-refractivity contribution in [3.63, 3.8) is 0 Å². The summed E-state index contributed by atoms with van der Waals surface area (Å²) in [6.07, 6.45) is 5.71. The molecule has 0 aliphatic carbocycles. The van der Waals surface area contributed by atoms with E-state index in [0.29, 0.717) is 12.1 Å². The highest BCUT2D eigenvalue weighted by molar-refractivity contribution is 5.95. The van der Waals surface area contributed by atoms with E-state index in [9.17, 15) is 14.4 Å². The van der Waals surface area contributed by atoms with Crippen LogP contribution in [0, 0.1) is 5.92 Å². The number of carbonyl (C=O) groups is 3. The second-order valence-electron chi connectivity index (χ2n) is 7.19. The Bertz CT molecular complexity index is 560. The first-order valence-corrected chi connectivity index (χ1v) is 9.15. The molecule has 0 spiro atoms. The second-order valence-corrected chi connectivity index (χ2v) is 7.19. The minimum absolute atomic E-state index is 0.109. The molecule has 2 amide bonds. The molecule has 0 atom stereocenters. The van der Waals surface area contributed by atoms with Crippen LogP contribution in [0.3, 0.4) is 0 Å². The summed E-state index contributed by atoms with van der Waals surface area (Å²) in [4.78, 5) is 36.1. The first kappa shape index (κ1) is 23.8. The summed E-state index contributed by atoms with van der Waals surface area (Å²) in [5, 5.41) is 0. The number of rotatable bonds is 4. The van der Waals surface area contributed by atoms with Gasteiger partial charge in [-0.2, -0.15) is 0 Å². The third kappa shape index (κ3) is 7.81. The van der Waals surface area contributed by atoms with E-state index in [1.165, 1.54) is 6.08 Å². The van der Waals surface area contributed by atoms with Crippen LogP contribution in [0.15, 0.2) is 37.0 Å². The molecule has 5 nitrogen and oxygen atoms in total. The van der Waals surface area contributed by atoms with Gasteiger partial charge in [-0.05, 0) is 40.2 Å². The van der Waals surface area contributed by atoms with E-state index >= 15 is 0 Å². The minimum Gasteiger partial charge on any atom is -0.336 e. The van der Waals surface area contributed by atoms with Crippen LogP contribution in [0.1, 0.15) is 48.0 Å². The Morgan fingerprint density at radius 1 is 1.08 bits per heavy atom. The number of ketones is 1. The lowest BCUT2D eigenvalue weighted by molar-refractivity contribution is -0.126. The first-order valence-electron chi connectivity index (χ1n) is 9.15. The summed E-state index contributed by atoms with van der Waals surface area (Å²) in [7, 11) is 0. The van der Waals surface area contributed by atoms with E-state index in [0.717, 1.165) is 25.1 Å². The fourth-order valence-corrected chi connectivity index (χ4v) is 2.31. The van der Waals surface area contributed by atoms with E-state index in [2.05, 4.69) is 13.2 Å². The molecule has 1 fully saturated rings. The average molecular weight is 363 g/mol. The molecular formula is C21H34N2O3. The lowest BCUT2D eigenvalue weighted by Crippen LogP contribution is -2.32. The van der Waals surface area contributed by atoms with Crippen LogP contribution < -0.4 is 0 Å². The van der Waals surface area contributed by atoms with Crippen LogP contribution in [-0.2, 0) is 14.4 Å². The van der Waals surface area contributed by atoms with Crippen molar-refractivity contribution in [2.24, 2.45) is 5.92 Å². The molecule has 2 heterocycles. The quantitative estimate of drug-likeness (QED) is 0.721. The number of nitrogens with zero attached hydrogens (tertiary/aromatic N) is 2. The summed E-state index contributed by atoms with van der Waals surface area (Å²) in [6, 6.07) is 0.666. The molecule has 0 N–H and O–H groups in total. The molecule has 5 heteroatoms. The van der Waals surface area contributed by atoms with Gasteiger partial charge in [-0.15, -0.1) is 0 Å². The van der Waals surface area contributed by atoms with E-state index in [-0.39, 0.29) is 23.5 Å². The van der Waals surface area contributed by atoms with Crippen molar-refractivity contribution in [2.45, 2.75) is 60.0 Å². The van der Waals surface area contributed by atoms with Crippen molar-refractivity contribution >= 4 is 17.6 Å². The summed E-state index contributed by atoms with van der Waals surface area (Å²) < 4.78 is 0. The molecule has 0 radical (unpaired) electrons. The van der Waals surface area contributed by atoms with Crippen LogP contribution in [0.5, 0.6) is 0 Å². The molecular weight excluding hydrogens is 328 g/mol. The molecule has 0 saturated carbocycles. The number of hydrogen-bond donors (Lipinski definition) is 0. The SMILES string of the molecule is C=C1CCN(C(C)C)C1=O.C=CC(=O)C(C)C.CC(C)N1CC=CC1=O. The molecule has 0 aromatic carbocycles. The Morgan fingerprint density at radius 3 is 1.77 bits per heavy atom. The molecule has 1 saturated heterocycles. The Labute approximate surface area is 158 Å². The number of amides is 2. The molecule has 146 valence electrons. The van der Waals surface area contributed by atoms with Gasteiger partial charge >= 0.3 is 0 Å². The topological polar surface area (TPSA) is 57.7 Å². The lowest BCUT2D eigenvalue weighted by Gasteiger charge is -2.19. The van der Waals surface area contributed by atoms with Crippen LogP contribution in [0.2, 0.25) is 0 Å². The lowest BCUT2D eigenvalue weighted by atomic mass is 10.1. The Hall–Kier alpha value is -2.17. The van der Waals surface area contributed by atoms with Crippen LogP contribution in [0.4, 0.5) is 0 Å². The Balaban J connectivity index is 0.000000368. The molecule has 2 aliphatic heterocycles. The summed E-state index contributed by atoms with van der Waals surface area (Å²) in [5.74, 6) is 0.498. The van der Waals surface area contributed by atoms with Gasteiger partial charge in [0.25, 0.3) is 0 Å². The monoisotopic (exact) mass is 362 g/mol. The molecule has 0 aromatic heterocycles. The predicted molar refractivity (Wildman–Crippen MR) is 107 cm³/mol. The van der Waals surface area contributed by atoms with E-state index in [1.54, 1.807) is 6.08 Å². The summed E-state index contributed by atoms with van der Waals surface area (Å²) in [6.45, 7) is 20.4. The normalized spacial score (nSPS) is 16.1. The standard InChI is InChI=1S/C8H13NO.C7H11NO.C6H10O/c1-6(2)9-5-4-7(3)8(9)10;1-6(2)8-5-3-4-7(8)9;1-4-6(7)5(2)3/h6H,3-5H2,1-2H3;3-4,6H,5H2,1-2H3;4-5H,1H2,2-3H3. The highest BCUT2D eigenvalue weighted by atomic mass is 16.2.